The molecule has 1 amide bonds. The third-order valence-corrected chi connectivity index (χ3v) is 2.47. The van der Waals surface area contributed by atoms with Gasteiger partial charge in [0.2, 0.25) is 5.91 Å². The van der Waals surface area contributed by atoms with Crippen molar-refractivity contribution in [3.63, 3.8) is 0 Å². The van der Waals surface area contributed by atoms with E-state index in [1.54, 1.807) is 0 Å². The van der Waals surface area contributed by atoms with Gasteiger partial charge in [-0.15, -0.1) is 0 Å². The van der Waals surface area contributed by atoms with Gasteiger partial charge in [-0.2, -0.15) is 0 Å². The summed E-state index contributed by atoms with van der Waals surface area (Å²) in [7, 11) is 1.83. The Hall–Kier alpha value is -0.570. The SMILES string of the molecule is CNC(C)C(=O)N1CCCCC1. The highest BCUT2D eigenvalue weighted by molar-refractivity contribution is 5.81. The smallest absolute Gasteiger partial charge is 0.239 e. The van der Waals surface area contributed by atoms with Crippen LogP contribution in [0.1, 0.15) is 26.2 Å². The normalized spacial score (nSPS) is 20.7. The number of likely N-dealkylation sites (tertiary alicyclic amines) is 1. The number of nitrogens with one attached hydrogen (secondary N) is 1. The molecule has 1 unspecified atom stereocenters. The van der Waals surface area contributed by atoms with E-state index in [1.807, 2.05) is 18.9 Å². The minimum Gasteiger partial charge on any atom is -0.341 e. The molecule has 3 nitrogen and oxygen atoms in total. The second kappa shape index (κ2) is 4.45. The second-order valence-electron chi connectivity index (χ2n) is 3.40. The molecule has 0 aliphatic carbocycles. The summed E-state index contributed by atoms with van der Waals surface area (Å²) in [6.07, 6.45) is 3.61. The molecule has 1 aliphatic heterocycles. The lowest BCUT2D eigenvalue weighted by Crippen LogP contribution is -2.45. The van der Waals surface area contributed by atoms with Crippen molar-refractivity contribution in [3.05, 3.63) is 0 Å². The lowest BCUT2D eigenvalue weighted by molar-refractivity contribution is -0.133. The van der Waals surface area contributed by atoms with Crippen LogP contribution >= 0.6 is 0 Å². The molecule has 3 heteroatoms. The van der Waals surface area contributed by atoms with Crippen LogP contribution in [0.3, 0.4) is 0 Å². The van der Waals surface area contributed by atoms with Gasteiger partial charge in [0.05, 0.1) is 6.04 Å². The minimum absolute atomic E-state index is 0.0249. The Morgan fingerprint density at radius 2 is 1.92 bits per heavy atom. The van der Waals surface area contributed by atoms with Gasteiger partial charge in [-0.25, -0.2) is 0 Å². The zero-order chi connectivity index (χ0) is 8.97. The van der Waals surface area contributed by atoms with Gasteiger partial charge in [-0.3, -0.25) is 4.79 Å². The van der Waals surface area contributed by atoms with E-state index in [9.17, 15) is 4.79 Å². The van der Waals surface area contributed by atoms with Gasteiger partial charge in [0.25, 0.3) is 0 Å². The van der Waals surface area contributed by atoms with Crippen LogP contribution < -0.4 is 5.32 Å². The zero-order valence-electron chi connectivity index (χ0n) is 7.97. The maximum absolute atomic E-state index is 11.6. The molecule has 1 N–H and O–H groups in total. The van der Waals surface area contributed by atoms with Crippen LogP contribution in [0.25, 0.3) is 0 Å². The molecule has 0 aromatic carbocycles. The molecule has 0 saturated carbocycles. The van der Waals surface area contributed by atoms with Gasteiger partial charge in [0.1, 0.15) is 0 Å². The minimum atomic E-state index is -0.0249. The Labute approximate surface area is 74.1 Å². The van der Waals surface area contributed by atoms with Crippen molar-refractivity contribution in [2.75, 3.05) is 20.1 Å². The molecule has 12 heavy (non-hydrogen) atoms. The zero-order valence-corrected chi connectivity index (χ0v) is 7.97. The van der Waals surface area contributed by atoms with Crippen molar-refractivity contribution in [1.29, 1.82) is 0 Å². The highest BCUT2D eigenvalue weighted by Gasteiger charge is 2.20. The number of hydrogen-bond donors (Lipinski definition) is 1. The Morgan fingerprint density at radius 1 is 1.33 bits per heavy atom. The van der Waals surface area contributed by atoms with Crippen LogP contribution in [0.15, 0.2) is 0 Å². The van der Waals surface area contributed by atoms with Crippen molar-refractivity contribution >= 4 is 5.91 Å². The quantitative estimate of drug-likeness (QED) is 0.658. The van der Waals surface area contributed by atoms with E-state index in [4.69, 9.17) is 0 Å². The molecule has 0 aromatic rings. The summed E-state index contributed by atoms with van der Waals surface area (Å²) >= 11 is 0. The molecule has 1 atom stereocenters. The van der Waals surface area contributed by atoms with Gasteiger partial charge >= 0.3 is 0 Å². The van der Waals surface area contributed by atoms with Crippen LogP contribution in [0.2, 0.25) is 0 Å². The molecule has 0 aromatic heterocycles. The summed E-state index contributed by atoms with van der Waals surface area (Å²) in [4.78, 5) is 13.6. The van der Waals surface area contributed by atoms with E-state index in [-0.39, 0.29) is 11.9 Å². The highest BCUT2D eigenvalue weighted by Crippen LogP contribution is 2.09. The van der Waals surface area contributed by atoms with E-state index >= 15 is 0 Å². The van der Waals surface area contributed by atoms with E-state index < -0.39 is 0 Å². The lowest BCUT2D eigenvalue weighted by Gasteiger charge is -2.28. The van der Waals surface area contributed by atoms with Crippen molar-refractivity contribution in [3.8, 4) is 0 Å². The average Bonchev–Trinajstić information content (AvgIpc) is 2.17. The first-order valence-electron chi connectivity index (χ1n) is 4.71. The molecular formula is C9H18N2O. The fourth-order valence-electron chi connectivity index (χ4n) is 1.51. The van der Waals surface area contributed by atoms with E-state index in [1.165, 1.54) is 19.3 Å². The van der Waals surface area contributed by atoms with Crippen molar-refractivity contribution in [1.82, 2.24) is 10.2 Å². The summed E-state index contributed by atoms with van der Waals surface area (Å²) in [5.41, 5.74) is 0. The number of carbonyl (C=O) groups is 1. The van der Waals surface area contributed by atoms with Crippen molar-refractivity contribution in [2.45, 2.75) is 32.2 Å². The van der Waals surface area contributed by atoms with Crippen LogP contribution in [-0.4, -0.2) is 37.0 Å². The predicted molar refractivity (Wildman–Crippen MR) is 49.0 cm³/mol. The number of nitrogens with zero attached hydrogens (tertiary/aromatic N) is 1. The third kappa shape index (κ3) is 2.21. The molecule has 1 saturated heterocycles. The van der Waals surface area contributed by atoms with Crippen LogP contribution in [0.5, 0.6) is 0 Å². The van der Waals surface area contributed by atoms with Crippen molar-refractivity contribution in [2.24, 2.45) is 0 Å². The number of hydrogen-bond acceptors (Lipinski definition) is 2. The van der Waals surface area contributed by atoms with Gasteiger partial charge in [0, 0.05) is 13.1 Å². The molecule has 70 valence electrons. The van der Waals surface area contributed by atoms with E-state index in [2.05, 4.69) is 5.32 Å². The molecule has 0 bridgehead atoms. The van der Waals surface area contributed by atoms with Crippen LogP contribution in [-0.2, 0) is 4.79 Å². The maximum Gasteiger partial charge on any atom is 0.239 e. The number of amides is 1. The standard InChI is InChI=1S/C9H18N2O/c1-8(10-2)9(12)11-6-4-3-5-7-11/h8,10H,3-7H2,1-2H3. The first kappa shape index (κ1) is 9.52. The first-order valence-corrected chi connectivity index (χ1v) is 4.71. The largest absolute Gasteiger partial charge is 0.341 e. The number of rotatable bonds is 2. The molecule has 0 spiro atoms. The lowest BCUT2D eigenvalue weighted by atomic mass is 10.1. The predicted octanol–water partition coefficient (Wildman–Crippen LogP) is 0.607. The number of likely N-dealkylation sites (N-methyl/N-ethyl adjacent to an activating group) is 1. The molecule has 1 aliphatic rings. The maximum atomic E-state index is 11.6. The fourth-order valence-corrected chi connectivity index (χ4v) is 1.51. The second-order valence-corrected chi connectivity index (χ2v) is 3.40. The van der Waals surface area contributed by atoms with Crippen molar-refractivity contribution < 1.29 is 4.79 Å². The molecule has 1 fully saturated rings. The van der Waals surface area contributed by atoms with E-state index in [0.717, 1.165) is 13.1 Å². The summed E-state index contributed by atoms with van der Waals surface area (Å²) in [6.45, 7) is 3.81. The summed E-state index contributed by atoms with van der Waals surface area (Å²) in [5, 5.41) is 2.97. The molecule has 1 rings (SSSR count). The third-order valence-electron chi connectivity index (χ3n) is 2.47. The number of carbonyl (C=O) groups excluding carboxylic acids is 1. The fraction of sp³-hybridized carbons (Fsp3) is 0.889. The molecule has 0 radical (unpaired) electrons. The monoisotopic (exact) mass is 170 g/mol. The Kier molecular flexibility index (Phi) is 3.53. The van der Waals surface area contributed by atoms with E-state index in [0.29, 0.717) is 0 Å². The first-order chi connectivity index (χ1) is 5.75. The Balaban J connectivity index is 2.39. The number of piperidine rings is 1. The highest BCUT2D eigenvalue weighted by atomic mass is 16.2. The van der Waals surface area contributed by atoms with Gasteiger partial charge in [-0.1, -0.05) is 0 Å². The molecule has 1 heterocycles. The summed E-state index contributed by atoms with van der Waals surface area (Å²) < 4.78 is 0. The van der Waals surface area contributed by atoms with Crippen LogP contribution in [0.4, 0.5) is 0 Å². The summed E-state index contributed by atoms with van der Waals surface area (Å²) in [5.74, 6) is 0.247. The Bertz CT molecular complexity index is 153. The summed E-state index contributed by atoms with van der Waals surface area (Å²) in [6, 6.07) is -0.0249. The average molecular weight is 170 g/mol. The van der Waals surface area contributed by atoms with Gasteiger partial charge in [0.15, 0.2) is 0 Å². The molecular weight excluding hydrogens is 152 g/mol. The van der Waals surface area contributed by atoms with Crippen LogP contribution in [0, 0.1) is 0 Å². The Morgan fingerprint density at radius 3 is 2.42 bits per heavy atom. The topological polar surface area (TPSA) is 32.3 Å². The van der Waals surface area contributed by atoms with Gasteiger partial charge < -0.3 is 10.2 Å². The van der Waals surface area contributed by atoms with Gasteiger partial charge in [-0.05, 0) is 33.2 Å².